The maximum Gasteiger partial charge on any atom is 0.277 e. The van der Waals surface area contributed by atoms with Gasteiger partial charge >= 0.3 is 0 Å². The van der Waals surface area contributed by atoms with Crippen molar-refractivity contribution in [3.8, 4) is 11.5 Å². The molecule has 0 bridgehead atoms. The van der Waals surface area contributed by atoms with E-state index in [4.69, 9.17) is 4.42 Å². The van der Waals surface area contributed by atoms with Crippen molar-refractivity contribution >= 4 is 17.5 Å². The summed E-state index contributed by atoms with van der Waals surface area (Å²) in [4.78, 5) is 17.2. The van der Waals surface area contributed by atoms with Gasteiger partial charge in [0.05, 0.1) is 10.8 Å². The minimum Gasteiger partial charge on any atom is -0.411 e. The lowest BCUT2D eigenvalue weighted by molar-refractivity contribution is 0.0992. The summed E-state index contributed by atoms with van der Waals surface area (Å²) in [5, 5.41) is 8.18. The number of nitrogens with zero attached hydrogens (tertiary/aromatic N) is 3. The average molecular weight is 396 g/mol. The zero-order valence-corrected chi connectivity index (χ0v) is 17.7. The Bertz CT molecular complexity index is 951. The molecule has 3 aromatic rings. The number of hydrogen-bond acceptors (Lipinski definition) is 6. The van der Waals surface area contributed by atoms with Gasteiger partial charge in [-0.1, -0.05) is 57.7 Å². The minimum atomic E-state index is -0.329. The number of thioether (sulfide) groups is 1. The summed E-state index contributed by atoms with van der Waals surface area (Å²) in [7, 11) is 0. The molecule has 146 valence electrons. The molecule has 0 N–H and O–H groups in total. The Balaban J connectivity index is 1.79. The second-order valence-electron chi connectivity index (χ2n) is 7.40. The van der Waals surface area contributed by atoms with Crippen LogP contribution in [0, 0.1) is 0 Å². The van der Waals surface area contributed by atoms with E-state index >= 15 is 0 Å². The predicted octanol–water partition coefficient (Wildman–Crippen LogP) is 5.74. The molecule has 0 aliphatic carbocycles. The first kappa shape index (κ1) is 20.3. The molecule has 0 unspecified atom stereocenters. The molecule has 0 fully saturated rings. The van der Waals surface area contributed by atoms with Gasteiger partial charge in [-0.15, -0.1) is 10.2 Å². The van der Waals surface area contributed by atoms with Crippen LogP contribution in [0.1, 0.15) is 67.9 Å². The quantitative estimate of drug-likeness (QED) is 0.375. The zero-order valence-electron chi connectivity index (χ0n) is 16.8. The second kappa shape index (κ2) is 8.69. The molecule has 2 heterocycles. The Kier molecular flexibility index (Phi) is 6.29. The highest BCUT2D eigenvalue weighted by molar-refractivity contribution is 8.00. The number of hydrogen-bond donors (Lipinski definition) is 0. The van der Waals surface area contributed by atoms with Gasteiger partial charge in [0.15, 0.2) is 5.78 Å². The summed E-state index contributed by atoms with van der Waals surface area (Å²) >= 11 is 1.28. The molecular formula is C22H25N3O2S. The molecule has 2 aromatic heterocycles. The van der Waals surface area contributed by atoms with Gasteiger partial charge in [0.2, 0.25) is 5.89 Å². The van der Waals surface area contributed by atoms with Crippen LogP contribution in [-0.4, -0.2) is 26.2 Å². The van der Waals surface area contributed by atoms with Crippen LogP contribution in [0.4, 0.5) is 0 Å². The van der Waals surface area contributed by atoms with Gasteiger partial charge in [-0.3, -0.25) is 9.78 Å². The highest BCUT2D eigenvalue weighted by Crippen LogP contribution is 2.31. The van der Waals surface area contributed by atoms with E-state index in [0.717, 1.165) is 16.7 Å². The van der Waals surface area contributed by atoms with Gasteiger partial charge in [0.1, 0.15) is 0 Å². The van der Waals surface area contributed by atoms with E-state index in [2.05, 4.69) is 48.9 Å². The number of carbonyl (C=O) groups is 1. The van der Waals surface area contributed by atoms with Gasteiger partial charge in [-0.25, -0.2) is 0 Å². The molecular weight excluding hydrogens is 370 g/mol. The van der Waals surface area contributed by atoms with Crippen LogP contribution in [0.2, 0.25) is 0 Å². The third-order valence-electron chi connectivity index (χ3n) is 4.59. The van der Waals surface area contributed by atoms with E-state index < -0.39 is 0 Å². The van der Waals surface area contributed by atoms with E-state index in [1.807, 2.05) is 31.2 Å². The largest absolute Gasteiger partial charge is 0.411 e. The molecule has 0 spiro atoms. The number of pyridine rings is 1. The molecule has 6 heteroatoms. The Morgan fingerprint density at radius 2 is 1.82 bits per heavy atom. The summed E-state index contributed by atoms with van der Waals surface area (Å²) in [6, 6.07) is 9.84. The zero-order chi connectivity index (χ0) is 20.3. The van der Waals surface area contributed by atoms with Crippen LogP contribution in [0.25, 0.3) is 11.5 Å². The van der Waals surface area contributed by atoms with Crippen LogP contribution in [0.5, 0.6) is 0 Å². The molecule has 1 aromatic carbocycles. The van der Waals surface area contributed by atoms with Crippen molar-refractivity contribution < 1.29 is 9.21 Å². The highest BCUT2D eigenvalue weighted by Gasteiger charge is 2.23. The Morgan fingerprint density at radius 1 is 1.04 bits per heavy atom. The topological polar surface area (TPSA) is 68.9 Å². The number of carbonyl (C=O) groups excluding carboxylic acids is 1. The Labute approximate surface area is 170 Å². The Morgan fingerprint density at radius 3 is 2.46 bits per heavy atom. The fourth-order valence-corrected chi connectivity index (χ4v) is 3.68. The Hall–Kier alpha value is -2.47. The van der Waals surface area contributed by atoms with Crippen LogP contribution in [0.3, 0.4) is 0 Å². The first-order chi connectivity index (χ1) is 13.4. The monoisotopic (exact) mass is 395 g/mol. The summed E-state index contributed by atoms with van der Waals surface area (Å²) in [6.07, 6.45) is 3.36. The van der Waals surface area contributed by atoms with Crippen molar-refractivity contribution in [1.82, 2.24) is 15.2 Å². The molecule has 0 radical (unpaired) electrons. The molecule has 1 atom stereocenters. The first-order valence-corrected chi connectivity index (χ1v) is 10.3. The average Bonchev–Trinajstić information content (AvgIpc) is 3.16. The van der Waals surface area contributed by atoms with Crippen molar-refractivity contribution in [2.45, 2.75) is 56.9 Å². The lowest BCUT2D eigenvalue weighted by Gasteiger charge is -2.17. The van der Waals surface area contributed by atoms with E-state index in [-0.39, 0.29) is 17.0 Å². The van der Waals surface area contributed by atoms with Gasteiger partial charge in [-0.05, 0) is 42.0 Å². The van der Waals surface area contributed by atoms with Gasteiger partial charge in [-0.2, -0.15) is 0 Å². The van der Waals surface area contributed by atoms with E-state index in [9.17, 15) is 4.79 Å². The molecule has 0 saturated carbocycles. The van der Waals surface area contributed by atoms with E-state index in [0.29, 0.717) is 17.0 Å². The molecule has 0 saturated heterocycles. The third-order valence-corrected chi connectivity index (χ3v) is 5.53. The fourth-order valence-electron chi connectivity index (χ4n) is 2.93. The molecule has 0 amide bonds. The van der Waals surface area contributed by atoms with Crippen LogP contribution >= 0.6 is 11.8 Å². The number of rotatable bonds is 7. The summed E-state index contributed by atoms with van der Waals surface area (Å²) in [5.41, 5.74) is 3.86. The lowest BCUT2D eigenvalue weighted by Crippen LogP contribution is -2.16. The van der Waals surface area contributed by atoms with Gasteiger partial charge in [0.25, 0.3) is 5.22 Å². The first-order valence-electron chi connectivity index (χ1n) is 9.45. The van der Waals surface area contributed by atoms with Crippen molar-refractivity contribution in [1.29, 1.82) is 0 Å². The smallest absolute Gasteiger partial charge is 0.277 e. The van der Waals surface area contributed by atoms with Gasteiger partial charge < -0.3 is 4.42 Å². The molecule has 3 rings (SSSR count). The number of Topliss-reactive ketones (excluding diaryl/α,β-unsaturated/α-hetero) is 1. The van der Waals surface area contributed by atoms with Gasteiger partial charge in [0, 0.05) is 18.0 Å². The normalized spacial score (nSPS) is 12.5. The molecule has 5 nitrogen and oxygen atoms in total. The fraction of sp³-hybridized carbons (Fsp3) is 0.364. The third kappa shape index (κ3) is 4.50. The van der Waals surface area contributed by atoms with E-state index in [1.54, 1.807) is 12.4 Å². The predicted molar refractivity (Wildman–Crippen MR) is 112 cm³/mol. The maximum atomic E-state index is 13.1. The molecule has 28 heavy (non-hydrogen) atoms. The van der Waals surface area contributed by atoms with Crippen LogP contribution in [0.15, 0.2) is 52.4 Å². The van der Waals surface area contributed by atoms with Crippen molar-refractivity contribution in [3.63, 3.8) is 0 Å². The minimum absolute atomic E-state index is 0.0742. The van der Waals surface area contributed by atoms with Crippen LogP contribution in [-0.2, 0) is 0 Å². The van der Waals surface area contributed by atoms with Crippen molar-refractivity contribution in [2.75, 3.05) is 0 Å². The molecule has 0 aliphatic rings. The van der Waals surface area contributed by atoms with Crippen molar-refractivity contribution in [2.24, 2.45) is 0 Å². The van der Waals surface area contributed by atoms with Crippen LogP contribution < -0.4 is 0 Å². The number of aromatic nitrogens is 3. The number of benzene rings is 1. The highest BCUT2D eigenvalue weighted by atomic mass is 32.2. The SMILES string of the molecule is CC(C)c1ccc(C(=O)[C@H](C)Sc2nnc(-c3cccnc3)o2)c(C(C)C)c1. The second-order valence-corrected chi connectivity index (χ2v) is 8.69. The summed E-state index contributed by atoms with van der Waals surface area (Å²) in [5.74, 6) is 1.18. The lowest BCUT2D eigenvalue weighted by atomic mass is 9.89. The van der Waals surface area contributed by atoms with Crippen molar-refractivity contribution in [3.05, 3.63) is 59.4 Å². The summed E-state index contributed by atoms with van der Waals surface area (Å²) < 4.78 is 5.70. The van der Waals surface area contributed by atoms with E-state index in [1.165, 1.54) is 17.3 Å². The number of ketones is 1. The molecule has 0 aliphatic heterocycles. The maximum absolute atomic E-state index is 13.1. The summed E-state index contributed by atoms with van der Waals surface area (Å²) in [6.45, 7) is 10.4. The standard InChI is InChI=1S/C22H25N3O2S/c1-13(2)16-8-9-18(19(11-16)14(3)4)20(26)15(5)28-22-25-24-21(27-22)17-7-6-10-23-12-17/h6-15H,1-5H3/t15-/m0/s1.